The SMILES string of the molecule is O=C(NC(CCCCN(CP(=O)(O)O)CP(=O)(O)O)C(=O)O)OCC1c2ccccc2-c2ccccc21. The maximum Gasteiger partial charge on any atom is 0.407 e. The number of benzene rings is 2. The van der Waals surface area contributed by atoms with Crippen LogP contribution in [-0.2, 0) is 18.7 Å². The van der Waals surface area contributed by atoms with E-state index in [4.69, 9.17) is 24.3 Å². The van der Waals surface area contributed by atoms with Crippen LogP contribution in [0.4, 0.5) is 4.79 Å². The summed E-state index contributed by atoms with van der Waals surface area (Å²) in [6, 6.07) is 14.3. The van der Waals surface area contributed by atoms with E-state index in [0.29, 0.717) is 0 Å². The van der Waals surface area contributed by atoms with Crippen LogP contribution in [0, 0.1) is 0 Å². The Kier molecular flexibility index (Phi) is 9.66. The van der Waals surface area contributed by atoms with Gasteiger partial charge in [-0.05, 0) is 48.1 Å². The van der Waals surface area contributed by atoms with Crippen molar-refractivity contribution in [2.75, 3.05) is 25.7 Å². The number of hydrogen-bond acceptors (Lipinski definition) is 6. The number of unbranched alkanes of at least 4 members (excludes halogenated alkanes) is 1. The lowest BCUT2D eigenvalue weighted by molar-refractivity contribution is -0.139. The van der Waals surface area contributed by atoms with E-state index in [-0.39, 0.29) is 38.3 Å². The Morgan fingerprint density at radius 3 is 1.89 bits per heavy atom. The summed E-state index contributed by atoms with van der Waals surface area (Å²) in [4.78, 5) is 61.5. The standard InChI is InChI=1S/C23H30N2O10P2/c26-22(27)21(11-5-6-12-25(14-36(29,30)31)15-37(32,33)34)24-23(28)35-13-20-18-9-3-1-7-16(18)17-8-2-4-10-19(17)20/h1-4,7-10,20-21H,5-6,11-15H2,(H,24,28)(H,26,27)(H2,29,30,31)(H2,32,33,34). The van der Waals surface area contributed by atoms with Crippen molar-refractivity contribution >= 4 is 27.3 Å². The van der Waals surface area contributed by atoms with E-state index in [1.54, 1.807) is 0 Å². The molecule has 0 radical (unpaired) electrons. The minimum absolute atomic E-state index is 0.0147. The van der Waals surface area contributed by atoms with Gasteiger partial charge in [0.25, 0.3) is 0 Å². The maximum atomic E-state index is 12.4. The van der Waals surface area contributed by atoms with Gasteiger partial charge in [0, 0.05) is 5.92 Å². The van der Waals surface area contributed by atoms with Gasteiger partial charge in [0.1, 0.15) is 25.2 Å². The smallest absolute Gasteiger partial charge is 0.407 e. The molecule has 0 spiro atoms. The van der Waals surface area contributed by atoms with Crippen LogP contribution in [-0.4, -0.2) is 73.4 Å². The van der Waals surface area contributed by atoms with Crippen LogP contribution in [0.15, 0.2) is 48.5 Å². The first-order valence-corrected chi connectivity index (χ1v) is 15.1. The number of amides is 1. The summed E-state index contributed by atoms with van der Waals surface area (Å²) in [5.74, 6) is -1.47. The largest absolute Gasteiger partial charge is 0.480 e. The Morgan fingerprint density at radius 2 is 1.41 bits per heavy atom. The lowest BCUT2D eigenvalue weighted by Crippen LogP contribution is -2.41. The third-order valence-electron chi connectivity index (χ3n) is 5.92. The van der Waals surface area contributed by atoms with Gasteiger partial charge in [0.15, 0.2) is 0 Å². The molecule has 0 aromatic heterocycles. The Bertz CT molecular complexity index is 1140. The van der Waals surface area contributed by atoms with Crippen LogP contribution in [0.1, 0.15) is 36.3 Å². The Morgan fingerprint density at radius 1 is 0.892 bits per heavy atom. The van der Waals surface area contributed by atoms with E-state index < -0.39 is 45.9 Å². The Labute approximate surface area is 213 Å². The zero-order chi connectivity index (χ0) is 27.2. The predicted molar refractivity (Wildman–Crippen MR) is 134 cm³/mol. The molecule has 1 aliphatic rings. The number of hydrogen-bond donors (Lipinski definition) is 6. The lowest BCUT2D eigenvalue weighted by atomic mass is 9.98. The van der Waals surface area contributed by atoms with Crippen LogP contribution in [0.2, 0.25) is 0 Å². The van der Waals surface area contributed by atoms with Gasteiger partial charge >= 0.3 is 27.3 Å². The van der Waals surface area contributed by atoms with E-state index in [2.05, 4.69) is 5.32 Å². The molecule has 37 heavy (non-hydrogen) atoms. The second-order valence-electron chi connectivity index (χ2n) is 8.86. The van der Waals surface area contributed by atoms with Crippen LogP contribution < -0.4 is 5.32 Å². The average Bonchev–Trinajstić information content (AvgIpc) is 3.11. The summed E-state index contributed by atoms with van der Waals surface area (Å²) in [6.07, 6.45) is -2.18. The molecule has 0 fully saturated rings. The number of fused-ring (bicyclic) bond motifs is 3. The molecule has 0 heterocycles. The molecule has 1 amide bonds. The van der Waals surface area contributed by atoms with Crippen molar-refractivity contribution in [2.45, 2.75) is 31.2 Å². The molecule has 202 valence electrons. The average molecular weight is 556 g/mol. The molecule has 0 bridgehead atoms. The van der Waals surface area contributed by atoms with Gasteiger partial charge in [-0.3, -0.25) is 14.0 Å². The normalized spacial score (nSPS) is 14.2. The van der Waals surface area contributed by atoms with Crippen LogP contribution in [0.25, 0.3) is 11.1 Å². The molecule has 0 aliphatic heterocycles. The fourth-order valence-corrected chi connectivity index (χ4v) is 6.11. The van der Waals surface area contributed by atoms with Gasteiger partial charge in [-0.15, -0.1) is 0 Å². The highest BCUT2D eigenvalue weighted by Gasteiger charge is 2.30. The Balaban J connectivity index is 1.51. The zero-order valence-electron chi connectivity index (χ0n) is 19.8. The van der Waals surface area contributed by atoms with Crippen molar-refractivity contribution < 1.29 is 48.1 Å². The van der Waals surface area contributed by atoms with Crippen molar-refractivity contribution in [2.24, 2.45) is 0 Å². The molecular weight excluding hydrogens is 526 g/mol. The van der Waals surface area contributed by atoms with Crippen molar-refractivity contribution in [3.05, 3.63) is 59.7 Å². The quantitative estimate of drug-likeness (QED) is 0.157. The highest BCUT2D eigenvalue weighted by Crippen LogP contribution is 2.44. The number of ether oxygens (including phenoxy) is 1. The monoisotopic (exact) mass is 556 g/mol. The van der Waals surface area contributed by atoms with Gasteiger partial charge in [0.2, 0.25) is 0 Å². The van der Waals surface area contributed by atoms with E-state index >= 15 is 0 Å². The predicted octanol–water partition coefficient (Wildman–Crippen LogP) is 2.72. The highest BCUT2D eigenvalue weighted by molar-refractivity contribution is 7.52. The molecule has 2 aromatic rings. The molecule has 1 aliphatic carbocycles. The first-order valence-electron chi connectivity index (χ1n) is 11.5. The van der Waals surface area contributed by atoms with Gasteiger partial charge < -0.3 is 34.7 Å². The number of carbonyl (C=O) groups excluding carboxylic acids is 1. The van der Waals surface area contributed by atoms with Gasteiger partial charge in [-0.1, -0.05) is 48.5 Å². The number of alkyl carbamates (subject to hydrolysis) is 1. The first-order chi connectivity index (χ1) is 17.3. The van der Waals surface area contributed by atoms with Crippen LogP contribution in [0.5, 0.6) is 0 Å². The molecule has 1 atom stereocenters. The summed E-state index contributed by atoms with van der Waals surface area (Å²) in [5.41, 5.74) is 4.15. The summed E-state index contributed by atoms with van der Waals surface area (Å²) in [5, 5.41) is 11.8. The molecule has 1 unspecified atom stereocenters. The van der Waals surface area contributed by atoms with Crippen LogP contribution in [0.3, 0.4) is 0 Å². The van der Waals surface area contributed by atoms with Gasteiger partial charge in [-0.25, -0.2) is 9.59 Å². The minimum atomic E-state index is -4.55. The minimum Gasteiger partial charge on any atom is -0.480 e. The van der Waals surface area contributed by atoms with Crippen molar-refractivity contribution in [1.82, 2.24) is 10.2 Å². The second-order valence-corrected chi connectivity index (χ2v) is 12.1. The summed E-state index contributed by atoms with van der Waals surface area (Å²) < 4.78 is 27.8. The number of aliphatic carboxylic acids is 1. The van der Waals surface area contributed by atoms with Crippen molar-refractivity contribution in [3.63, 3.8) is 0 Å². The fraction of sp³-hybridized carbons (Fsp3) is 0.391. The number of carbonyl (C=O) groups is 2. The fourth-order valence-electron chi connectivity index (χ4n) is 4.43. The number of rotatable bonds is 13. The van der Waals surface area contributed by atoms with Crippen molar-refractivity contribution in [3.8, 4) is 11.1 Å². The van der Waals surface area contributed by atoms with Crippen molar-refractivity contribution in [1.29, 1.82) is 0 Å². The van der Waals surface area contributed by atoms with Crippen LogP contribution >= 0.6 is 15.2 Å². The molecule has 0 saturated heterocycles. The maximum absolute atomic E-state index is 12.4. The zero-order valence-corrected chi connectivity index (χ0v) is 21.6. The van der Waals surface area contributed by atoms with E-state index in [9.17, 15) is 23.8 Å². The number of nitrogens with zero attached hydrogens (tertiary/aromatic N) is 1. The number of carboxylic acids is 1. The first kappa shape index (κ1) is 29.0. The molecule has 6 N–H and O–H groups in total. The van der Waals surface area contributed by atoms with E-state index in [1.807, 2.05) is 48.5 Å². The molecule has 14 heteroatoms. The molecule has 12 nitrogen and oxygen atoms in total. The van der Waals surface area contributed by atoms with Gasteiger partial charge in [-0.2, -0.15) is 0 Å². The lowest BCUT2D eigenvalue weighted by Gasteiger charge is -2.23. The van der Waals surface area contributed by atoms with E-state index in [0.717, 1.165) is 27.2 Å². The second kappa shape index (κ2) is 12.3. The Hall–Kier alpha value is -2.56. The van der Waals surface area contributed by atoms with E-state index in [1.165, 1.54) is 0 Å². The van der Waals surface area contributed by atoms with Gasteiger partial charge in [0.05, 0.1) is 0 Å². The number of nitrogens with one attached hydrogen (secondary N) is 1. The molecule has 2 aromatic carbocycles. The summed E-state index contributed by atoms with van der Waals surface area (Å²) in [7, 11) is -9.11. The topological polar surface area (TPSA) is 194 Å². The summed E-state index contributed by atoms with van der Waals surface area (Å²) in [6.45, 7) is -0.0561. The molecule has 0 saturated carbocycles. The summed E-state index contributed by atoms with van der Waals surface area (Å²) >= 11 is 0. The number of carboxylic acid groups (broad SMARTS) is 1. The molecule has 3 rings (SSSR count). The third-order valence-corrected chi connectivity index (χ3v) is 7.46. The molecular formula is C23H30N2O10P2. The third kappa shape index (κ3) is 8.76. The highest BCUT2D eigenvalue weighted by atomic mass is 31.2.